The van der Waals surface area contributed by atoms with E-state index in [1.807, 2.05) is 13.8 Å². The maximum atomic E-state index is 13.6. The van der Waals surface area contributed by atoms with E-state index in [1.54, 1.807) is 12.3 Å². The van der Waals surface area contributed by atoms with Gasteiger partial charge in [-0.2, -0.15) is 0 Å². The monoisotopic (exact) mass is 250 g/mol. The Morgan fingerprint density at radius 1 is 1.22 bits per heavy atom. The van der Waals surface area contributed by atoms with Crippen LogP contribution in [0.3, 0.4) is 0 Å². The molecule has 0 unspecified atom stereocenters. The summed E-state index contributed by atoms with van der Waals surface area (Å²) in [6.07, 6.45) is 2.13. The van der Waals surface area contributed by atoms with Crippen molar-refractivity contribution in [2.24, 2.45) is 11.1 Å². The molecule has 2 rings (SSSR count). The minimum Gasteiger partial charge on any atom is -0.330 e. The fourth-order valence-corrected chi connectivity index (χ4v) is 1.93. The molecule has 2 nitrogen and oxygen atoms in total. The van der Waals surface area contributed by atoms with Crippen LogP contribution in [0.4, 0.5) is 8.78 Å². The number of nitrogens with zero attached hydrogens (tertiary/aromatic N) is 1. The fraction of sp³-hybridized carbons (Fsp3) is 0.357. The van der Waals surface area contributed by atoms with Gasteiger partial charge in [0, 0.05) is 28.7 Å². The molecule has 1 aromatic heterocycles. The van der Waals surface area contributed by atoms with Crippen molar-refractivity contribution in [1.82, 2.24) is 4.98 Å². The van der Waals surface area contributed by atoms with E-state index >= 15 is 0 Å². The molecule has 0 amide bonds. The minimum absolute atomic E-state index is 0.149. The highest BCUT2D eigenvalue weighted by Gasteiger charge is 2.19. The first-order valence-corrected chi connectivity index (χ1v) is 5.86. The van der Waals surface area contributed by atoms with E-state index < -0.39 is 11.6 Å². The van der Waals surface area contributed by atoms with E-state index in [4.69, 9.17) is 5.73 Å². The average molecular weight is 250 g/mol. The maximum absolute atomic E-state index is 13.6. The van der Waals surface area contributed by atoms with Gasteiger partial charge in [-0.15, -0.1) is 0 Å². The van der Waals surface area contributed by atoms with Gasteiger partial charge < -0.3 is 5.73 Å². The lowest BCUT2D eigenvalue weighted by Gasteiger charge is -2.22. The van der Waals surface area contributed by atoms with Gasteiger partial charge in [0.15, 0.2) is 0 Å². The van der Waals surface area contributed by atoms with Gasteiger partial charge in [-0.1, -0.05) is 13.8 Å². The number of aromatic nitrogens is 1. The van der Waals surface area contributed by atoms with E-state index in [2.05, 4.69) is 4.98 Å². The summed E-state index contributed by atoms with van der Waals surface area (Å²) in [7, 11) is 0. The van der Waals surface area contributed by atoms with E-state index in [9.17, 15) is 8.78 Å². The van der Waals surface area contributed by atoms with Crippen molar-refractivity contribution in [3.8, 4) is 0 Å². The Kier molecular flexibility index (Phi) is 3.30. The van der Waals surface area contributed by atoms with Crippen LogP contribution in [0, 0.1) is 17.0 Å². The Bertz CT molecular complexity index is 579. The Labute approximate surface area is 105 Å². The smallest absolute Gasteiger partial charge is 0.134 e. The molecular formula is C14H16F2N2. The minimum atomic E-state index is -0.584. The first kappa shape index (κ1) is 12.9. The molecule has 0 aliphatic carbocycles. The second-order valence-corrected chi connectivity index (χ2v) is 5.29. The average Bonchev–Trinajstić information content (AvgIpc) is 2.30. The summed E-state index contributed by atoms with van der Waals surface area (Å²) in [4.78, 5) is 4.23. The van der Waals surface area contributed by atoms with Crippen LogP contribution in [-0.4, -0.2) is 11.5 Å². The lowest BCUT2D eigenvalue weighted by atomic mass is 9.86. The molecule has 1 heterocycles. The second-order valence-electron chi connectivity index (χ2n) is 5.29. The predicted molar refractivity (Wildman–Crippen MR) is 68.2 cm³/mol. The number of halogens is 2. The third kappa shape index (κ3) is 2.48. The number of hydrogen-bond acceptors (Lipinski definition) is 2. The van der Waals surface area contributed by atoms with E-state index in [1.165, 1.54) is 6.07 Å². The van der Waals surface area contributed by atoms with Gasteiger partial charge in [0.1, 0.15) is 11.6 Å². The van der Waals surface area contributed by atoms with Crippen LogP contribution < -0.4 is 5.73 Å². The normalized spacial score (nSPS) is 12.1. The number of pyridine rings is 1. The zero-order valence-electron chi connectivity index (χ0n) is 10.5. The van der Waals surface area contributed by atoms with Crippen molar-refractivity contribution in [3.05, 3.63) is 41.7 Å². The van der Waals surface area contributed by atoms with Gasteiger partial charge in [0.25, 0.3) is 0 Å². The third-order valence-electron chi connectivity index (χ3n) is 3.08. The molecule has 0 saturated heterocycles. The van der Waals surface area contributed by atoms with Gasteiger partial charge in [-0.3, -0.25) is 4.98 Å². The van der Waals surface area contributed by atoms with Crippen molar-refractivity contribution in [2.45, 2.75) is 20.3 Å². The molecular weight excluding hydrogens is 234 g/mol. The van der Waals surface area contributed by atoms with Crippen molar-refractivity contribution in [1.29, 1.82) is 0 Å². The quantitative estimate of drug-likeness (QED) is 0.909. The van der Waals surface area contributed by atoms with Crippen molar-refractivity contribution in [2.75, 3.05) is 6.54 Å². The topological polar surface area (TPSA) is 38.9 Å². The number of hydrogen-bond donors (Lipinski definition) is 1. The molecule has 1 aromatic carbocycles. The van der Waals surface area contributed by atoms with Gasteiger partial charge in [0.2, 0.25) is 0 Å². The molecule has 96 valence electrons. The van der Waals surface area contributed by atoms with Crippen molar-refractivity contribution < 1.29 is 8.78 Å². The summed E-state index contributed by atoms with van der Waals surface area (Å²) in [5.74, 6) is -1.14. The van der Waals surface area contributed by atoms with E-state index in [0.717, 1.165) is 6.07 Å². The lowest BCUT2D eigenvalue weighted by molar-refractivity contribution is 0.374. The summed E-state index contributed by atoms with van der Waals surface area (Å²) in [5, 5.41) is 0.922. The summed E-state index contributed by atoms with van der Waals surface area (Å²) in [6.45, 7) is 4.50. The Morgan fingerprint density at radius 3 is 2.61 bits per heavy atom. The molecule has 2 aromatic rings. The van der Waals surface area contributed by atoms with Gasteiger partial charge in [-0.05, 0) is 30.5 Å². The highest BCUT2D eigenvalue weighted by Crippen LogP contribution is 2.26. The highest BCUT2D eigenvalue weighted by molar-refractivity contribution is 5.85. The number of fused-ring (bicyclic) bond motifs is 1. The predicted octanol–water partition coefficient (Wildman–Crippen LogP) is 3.04. The summed E-state index contributed by atoms with van der Waals surface area (Å²) < 4.78 is 26.9. The van der Waals surface area contributed by atoms with Crippen LogP contribution in [0.1, 0.15) is 19.5 Å². The second kappa shape index (κ2) is 4.61. The molecule has 0 bridgehead atoms. The number of nitrogens with two attached hydrogens (primary N) is 1. The summed E-state index contributed by atoms with van der Waals surface area (Å²) in [6, 6.07) is 3.77. The van der Waals surface area contributed by atoms with Crippen LogP contribution in [0.15, 0.2) is 24.4 Å². The first-order chi connectivity index (χ1) is 8.43. The molecule has 0 atom stereocenters. The van der Waals surface area contributed by atoms with Crippen molar-refractivity contribution in [3.63, 3.8) is 0 Å². The Morgan fingerprint density at radius 2 is 1.94 bits per heavy atom. The molecule has 2 N–H and O–H groups in total. The summed E-state index contributed by atoms with van der Waals surface area (Å²) in [5.41, 5.74) is 6.22. The molecule has 0 aliphatic heterocycles. The highest BCUT2D eigenvalue weighted by atomic mass is 19.1. The molecule has 0 radical (unpaired) electrons. The van der Waals surface area contributed by atoms with Crippen LogP contribution in [-0.2, 0) is 6.42 Å². The van der Waals surface area contributed by atoms with Crippen LogP contribution >= 0.6 is 0 Å². The molecule has 18 heavy (non-hydrogen) atoms. The van der Waals surface area contributed by atoms with Crippen LogP contribution in [0.5, 0.6) is 0 Å². The zero-order valence-corrected chi connectivity index (χ0v) is 10.5. The first-order valence-electron chi connectivity index (χ1n) is 5.86. The van der Waals surface area contributed by atoms with Gasteiger partial charge in [-0.25, -0.2) is 8.78 Å². The Balaban J connectivity index is 2.58. The fourth-order valence-electron chi connectivity index (χ4n) is 1.93. The standard InChI is InChI=1S/C14H16F2N2/c1-14(2,8-17)7-13-11-5-9(15)6-12(16)10(11)3-4-18-13/h3-6H,7-8,17H2,1-2H3. The third-order valence-corrected chi connectivity index (χ3v) is 3.08. The number of benzene rings is 1. The molecule has 0 saturated carbocycles. The van der Waals surface area contributed by atoms with E-state index in [-0.39, 0.29) is 5.41 Å². The maximum Gasteiger partial charge on any atom is 0.134 e. The molecule has 0 spiro atoms. The number of rotatable bonds is 3. The molecule has 0 fully saturated rings. The SMILES string of the molecule is CC(C)(CN)Cc1nccc2c(F)cc(F)cc12. The van der Waals surface area contributed by atoms with Crippen LogP contribution in [0.2, 0.25) is 0 Å². The summed E-state index contributed by atoms with van der Waals surface area (Å²) >= 11 is 0. The van der Waals surface area contributed by atoms with E-state index in [0.29, 0.717) is 29.4 Å². The zero-order chi connectivity index (χ0) is 13.3. The molecule has 4 heteroatoms. The molecule has 0 aliphatic rings. The largest absolute Gasteiger partial charge is 0.330 e. The van der Waals surface area contributed by atoms with Gasteiger partial charge in [0.05, 0.1) is 0 Å². The van der Waals surface area contributed by atoms with Crippen molar-refractivity contribution >= 4 is 10.8 Å². The lowest BCUT2D eigenvalue weighted by Crippen LogP contribution is -2.26. The van der Waals surface area contributed by atoms with Gasteiger partial charge >= 0.3 is 0 Å². The van der Waals surface area contributed by atoms with Crippen LogP contribution in [0.25, 0.3) is 10.8 Å². The Hall–Kier alpha value is -1.55.